The highest BCUT2D eigenvalue weighted by Gasteiger charge is 2.34. The third-order valence-electron chi connectivity index (χ3n) is 2.42. The number of carbonyl (C=O) groups excluding carboxylic acids is 1. The van der Waals surface area contributed by atoms with Gasteiger partial charge in [0.15, 0.2) is 0 Å². The number of phenols is 1. The van der Waals surface area contributed by atoms with Crippen molar-refractivity contribution in [2.45, 2.75) is 20.0 Å². The van der Waals surface area contributed by atoms with Gasteiger partial charge >= 0.3 is 5.97 Å². The Hall–Kier alpha value is -1.51. The first-order valence-corrected chi connectivity index (χ1v) is 4.64. The van der Waals surface area contributed by atoms with E-state index in [9.17, 15) is 9.90 Å². The van der Waals surface area contributed by atoms with Gasteiger partial charge in [0.25, 0.3) is 0 Å². The molecular weight excluding hydrogens is 180 g/mol. The Kier molecular flexibility index (Phi) is 1.95. The maximum atomic E-state index is 11.4. The number of ether oxygens (including phenoxy) is 1. The van der Waals surface area contributed by atoms with Gasteiger partial charge in [-0.15, -0.1) is 0 Å². The number of rotatable bonds is 1. The van der Waals surface area contributed by atoms with E-state index in [4.69, 9.17) is 4.74 Å². The lowest BCUT2D eigenvalue weighted by atomic mass is 9.97. The highest BCUT2D eigenvalue weighted by molar-refractivity contribution is 5.96. The van der Waals surface area contributed by atoms with Crippen molar-refractivity contribution in [1.82, 2.24) is 0 Å². The van der Waals surface area contributed by atoms with Crippen molar-refractivity contribution in [3.8, 4) is 5.75 Å². The number of aromatic hydroxyl groups is 1. The smallest absolute Gasteiger partial charge is 0.342 e. The Morgan fingerprint density at radius 2 is 2.14 bits per heavy atom. The highest BCUT2D eigenvalue weighted by Crippen LogP contribution is 2.39. The van der Waals surface area contributed by atoms with Gasteiger partial charge in [-0.25, -0.2) is 4.79 Å². The minimum Gasteiger partial charge on any atom is -0.507 e. The van der Waals surface area contributed by atoms with Crippen LogP contribution in [-0.2, 0) is 4.74 Å². The van der Waals surface area contributed by atoms with Gasteiger partial charge in [-0.1, -0.05) is 26.0 Å². The molecule has 2 rings (SSSR count). The first-order valence-electron chi connectivity index (χ1n) is 4.64. The first kappa shape index (κ1) is 9.06. The Balaban J connectivity index is 2.55. The van der Waals surface area contributed by atoms with Gasteiger partial charge < -0.3 is 9.84 Å². The molecule has 0 spiro atoms. The van der Waals surface area contributed by atoms with Crippen molar-refractivity contribution >= 4 is 5.97 Å². The molecule has 3 heteroatoms. The number of benzene rings is 1. The molecule has 3 nitrogen and oxygen atoms in total. The van der Waals surface area contributed by atoms with Gasteiger partial charge in [0, 0.05) is 5.56 Å². The van der Waals surface area contributed by atoms with E-state index in [-0.39, 0.29) is 17.8 Å². The molecule has 1 heterocycles. The zero-order chi connectivity index (χ0) is 10.3. The van der Waals surface area contributed by atoms with Crippen LogP contribution in [0.5, 0.6) is 5.75 Å². The summed E-state index contributed by atoms with van der Waals surface area (Å²) in [6, 6.07) is 5.05. The highest BCUT2D eigenvalue weighted by atomic mass is 16.5. The summed E-state index contributed by atoms with van der Waals surface area (Å²) in [5, 5.41) is 9.50. The van der Waals surface area contributed by atoms with Crippen LogP contribution in [0.1, 0.15) is 35.9 Å². The Morgan fingerprint density at radius 1 is 1.43 bits per heavy atom. The van der Waals surface area contributed by atoms with E-state index in [0.29, 0.717) is 5.56 Å². The van der Waals surface area contributed by atoms with Gasteiger partial charge in [-0.2, -0.15) is 0 Å². The van der Waals surface area contributed by atoms with Crippen LogP contribution in [0.25, 0.3) is 0 Å². The number of fused-ring (bicyclic) bond motifs is 1. The van der Waals surface area contributed by atoms with Crippen LogP contribution in [-0.4, -0.2) is 11.1 Å². The second-order valence-electron chi connectivity index (χ2n) is 3.81. The van der Waals surface area contributed by atoms with Crippen LogP contribution in [0, 0.1) is 5.92 Å². The predicted molar refractivity (Wildman–Crippen MR) is 51.1 cm³/mol. The van der Waals surface area contributed by atoms with Crippen LogP contribution in [0.2, 0.25) is 0 Å². The third-order valence-corrected chi connectivity index (χ3v) is 2.42. The number of phenolic OH excluding ortho intramolecular Hbond substituents is 1. The van der Waals surface area contributed by atoms with Crippen LogP contribution in [0.3, 0.4) is 0 Å². The second kappa shape index (κ2) is 3.01. The van der Waals surface area contributed by atoms with Crippen molar-refractivity contribution in [2.24, 2.45) is 5.92 Å². The number of hydrogen-bond acceptors (Lipinski definition) is 3. The Labute approximate surface area is 82.3 Å². The molecule has 0 saturated carbocycles. The zero-order valence-corrected chi connectivity index (χ0v) is 8.15. The summed E-state index contributed by atoms with van der Waals surface area (Å²) in [7, 11) is 0. The standard InChI is InChI=1S/C11H12O3/c1-6(2)10-7-4-3-5-8(12)9(7)11(13)14-10/h3-6,10,12H,1-2H3. The SMILES string of the molecule is CC(C)C1OC(=O)c2c(O)cccc21. The number of carbonyl (C=O) groups is 1. The van der Waals surface area contributed by atoms with Gasteiger partial charge in [-0.05, 0) is 12.0 Å². The first-order chi connectivity index (χ1) is 6.61. The molecule has 0 aliphatic carbocycles. The molecule has 74 valence electrons. The third kappa shape index (κ3) is 1.16. The maximum Gasteiger partial charge on any atom is 0.342 e. The average Bonchev–Trinajstić information content (AvgIpc) is 2.45. The summed E-state index contributed by atoms with van der Waals surface area (Å²) in [6.45, 7) is 3.97. The van der Waals surface area contributed by atoms with E-state index < -0.39 is 5.97 Å². The van der Waals surface area contributed by atoms with Crippen LogP contribution in [0.4, 0.5) is 0 Å². The van der Waals surface area contributed by atoms with E-state index in [1.165, 1.54) is 6.07 Å². The predicted octanol–water partition coefficient (Wildman–Crippen LogP) is 2.26. The van der Waals surface area contributed by atoms with Gasteiger partial charge in [0.2, 0.25) is 0 Å². The fourth-order valence-corrected chi connectivity index (χ4v) is 1.75. The molecule has 1 aromatic rings. The van der Waals surface area contributed by atoms with Crippen molar-refractivity contribution in [2.75, 3.05) is 0 Å². The Morgan fingerprint density at radius 3 is 2.79 bits per heavy atom. The molecule has 0 bridgehead atoms. The summed E-state index contributed by atoms with van der Waals surface area (Å²) < 4.78 is 5.18. The van der Waals surface area contributed by atoms with Crippen LogP contribution >= 0.6 is 0 Å². The maximum absolute atomic E-state index is 11.4. The molecule has 1 aliphatic heterocycles. The summed E-state index contributed by atoms with van der Waals surface area (Å²) in [5.74, 6) is -0.186. The van der Waals surface area contributed by atoms with Crippen molar-refractivity contribution in [3.63, 3.8) is 0 Å². The minimum absolute atomic E-state index is 0.00986. The van der Waals surface area contributed by atoms with Crippen LogP contribution in [0.15, 0.2) is 18.2 Å². The van der Waals surface area contributed by atoms with E-state index in [0.717, 1.165) is 5.56 Å². The molecule has 0 saturated heterocycles. The molecule has 1 aromatic carbocycles. The van der Waals surface area contributed by atoms with E-state index in [2.05, 4.69) is 0 Å². The molecule has 0 amide bonds. The van der Waals surface area contributed by atoms with Gasteiger partial charge in [-0.3, -0.25) is 0 Å². The van der Waals surface area contributed by atoms with Crippen molar-refractivity contribution in [3.05, 3.63) is 29.3 Å². The minimum atomic E-state index is -0.420. The Bertz CT molecular complexity index is 382. The second-order valence-corrected chi connectivity index (χ2v) is 3.81. The molecule has 1 atom stereocenters. The van der Waals surface area contributed by atoms with Crippen LogP contribution < -0.4 is 0 Å². The van der Waals surface area contributed by atoms with E-state index >= 15 is 0 Å². The fourth-order valence-electron chi connectivity index (χ4n) is 1.75. The summed E-state index contributed by atoms with van der Waals surface area (Å²) >= 11 is 0. The van der Waals surface area contributed by atoms with Crippen molar-refractivity contribution in [1.29, 1.82) is 0 Å². The monoisotopic (exact) mass is 192 g/mol. The lowest BCUT2D eigenvalue weighted by Crippen LogP contribution is -2.05. The lowest BCUT2D eigenvalue weighted by Gasteiger charge is -2.13. The molecule has 1 unspecified atom stereocenters. The van der Waals surface area contributed by atoms with Gasteiger partial charge in [0.1, 0.15) is 17.4 Å². The molecule has 14 heavy (non-hydrogen) atoms. The number of cyclic esters (lactones) is 1. The van der Waals surface area contributed by atoms with Crippen molar-refractivity contribution < 1.29 is 14.6 Å². The molecule has 1 N–H and O–H groups in total. The molecule has 0 aromatic heterocycles. The molecular formula is C11H12O3. The van der Waals surface area contributed by atoms with E-state index in [1.807, 2.05) is 19.9 Å². The lowest BCUT2D eigenvalue weighted by molar-refractivity contribution is 0.0279. The average molecular weight is 192 g/mol. The summed E-state index contributed by atoms with van der Waals surface area (Å²) in [5.41, 5.74) is 1.12. The van der Waals surface area contributed by atoms with E-state index in [1.54, 1.807) is 6.07 Å². The number of hydrogen-bond donors (Lipinski definition) is 1. The normalized spacial score (nSPS) is 19.6. The summed E-state index contributed by atoms with van der Waals surface area (Å²) in [4.78, 5) is 11.4. The molecule has 0 radical (unpaired) electrons. The van der Waals surface area contributed by atoms with Gasteiger partial charge in [0.05, 0.1) is 0 Å². The summed E-state index contributed by atoms with van der Waals surface area (Å²) in [6.07, 6.45) is -0.218. The fraction of sp³-hybridized carbons (Fsp3) is 0.364. The number of esters is 1. The quantitative estimate of drug-likeness (QED) is 0.694. The zero-order valence-electron chi connectivity index (χ0n) is 8.15. The molecule has 0 fully saturated rings. The molecule has 1 aliphatic rings. The topological polar surface area (TPSA) is 46.5 Å². The largest absolute Gasteiger partial charge is 0.507 e.